The van der Waals surface area contributed by atoms with E-state index in [9.17, 15) is 28.1 Å². The van der Waals surface area contributed by atoms with E-state index >= 15 is 0 Å². The number of hydrogen-bond donors (Lipinski definition) is 3. The zero-order chi connectivity index (χ0) is 23.3. The summed E-state index contributed by atoms with van der Waals surface area (Å²) in [7, 11) is -4.08. The number of nitrogens with one attached hydrogen (secondary N) is 3. The molecule has 0 aliphatic rings. The summed E-state index contributed by atoms with van der Waals surface area (Å²) in [6, 6.07) is 16.1. The second kappa shape index (κ2) is 9.45. The van der Waals surface area contributed by atoms with Crippen LogP contribution in [0, 0.1) is 10.1 Å². The third kappa shape index (κ3) is 5.59. The van der Waals surface area contributed by atoms with Gasteiger partial charge in [-0.3, -0.25) is 35.3 Å². The van der Waals surface area contributed by atoms with Crippen LogP contribution in [0.25, 0.3) is 0 Å². The van der Waals surface area contributed by atoms with Crippen molar-refractivity contribution in [2.24, 2.45) is 0 Å². The first kappa shape index (κ1) is 22.7. The van der Waals surface area contributed by atoms with Gasteiger partial charge in [0.2, 0.25) is 0 Å². The summed E-state index contributed by atoms with van der Waals surface area (Å²) in [6.07, 6.45) is 0. The molecule has 0 fully saturated rings. The topological polar surface area (TPSA) is 148 Å². The summed E-state index contributed by atoms with van der Waals surface area (Å²) in [5.41, 5.74) is 4.67. The lowest BCUT2D eigenvalue weighted by atomic mass is 10.2. The molecule has 3 N–H and O–H groups in total. The minimum Gasteiger partial charge on any atom is -0.280 e. The highest BCUT2D eigenvalue weighted by Gasteiger charge is 2.18. The monoisotopic (exact) mass is 474 g/mol. The van der Waals surface area contributed by atoms with Gasteiger partial charge in [0, 0.05) is 34.0 Å². The van der Waals surface area contributed by atoms with Gasteiger partial charge in [-0.05, 0) is 48.5 Å². The minimum absolute atomic E-state index is 0.135. The van der Waals surface area contributed by atoms with Gasteiger partial charge in [-0.1, -0.05) is 23.7 Å². The maximum absolute atomic E-state index is 12.5. The van der Waals surface area contributed by atoms with Crippen molar-refractivity contribution in [2.75, 3.05) is 4.72 Å². The van der Waals surface area contributed by atoms with Gasteiger partial charge in [-0.2, -0.15) is 0 Å². The highest BCUT2D eigenvalue weighted by Crippen LogP contribution is 2.20. The first-order valence-electron chi connectivity index (χ1n) is 8.89. The second-order valence-corrected chi connectivity index (χ2v) is 8.47. The van der Waals surface area contributed by atoms with Gasteiger partial charge >= 0.3 is 0 Å². The van der Waals surface area contributed by atoms with E-state index in [4.69, 9.17) is 11.6 Å². The van der Waals surface area contributed by atoms with Crippen LogP contribution < -0.4 is 15.6 Å². The third-order valence-electron chi connectivity index (χ3n) is 4.11. The largest absolute Gasteiger partial charge is 0.280 e. The molecule has 0 aromatic heterocycles. The predicted octanol–water partition coefficient (Wildman–Crippen LogP) is 3.12. The number of rotatable bonds is 6. The zero-order valence-corrected chi connectivity index (χ0v) is 17.7. The molecule has 0 bridgehead atoms. The highest BCUT2D eigenvalue weighted by atomic mass is 35.5. The van der Waals surface area contributed by atoms with E-state index in [2.05, 4.69) is 15.6 Å². The summed E-state index contributed by atoms with van der Waals surface area (Å²) in [5, 5.41) is 11.2. The van der Waals surface area contributed by atoms with Crippen LogP contribution >= 0.6 is 11.6 Å². The average Bonchev–Trinajstić information content (AvgIpc) is 2.77. The zero-order valence-electron chi connectivity index (χ0n) is 16.1. The van der Waals surface area contributed by atoms with E-state index < -0.39 is 26.8 Å². The number of amides is 2. The molecule has 0 heterocycles. The normalized spacial score (nSPS) is 10.8. The second-order valence-electron chi connectivity index (χ2n) is 6.36. The van der Waals surface area contributed by atoms with Gasteiger partial charge in [0.25, 0.3) is 27.5 Å². The summed E-state index contributed by atoms with van der Waals surface area (Å²) in [6.45, 7) is 0. The van der Waals surface area contributed by atoms with Crippen LogP contribution in [0.2, 0.25) is 5.02 Å². The Morgan fingerprint density at radius 3 is 2.09 bits per heavy atom. The third-order valence-corrected chi connectivity index (χ3v) is 5.73. The van der Waals surface area contributed by atoms with Crippen molar-refractivity contribution in [1.29, 1.82) is 0 Å². The Bertz CT molecular complexity index is 1300. The SMILES string of the molecule is O=C(NNC(=O)c1cccc(Cl)c1)c1ccc(NS(=O)(=O)c2cccc([N+](=O)[O-])c2)cc1. The molecule has 0 atom stereocenters. The lowest BCUT2D eigenvalue weighted by Gasteiger charge is -2.10. The number of nitro benzene ring substituents is 1. The fourth-order valence-electron chi connectivity index (χ4n) is 2.56. The van der Waals surface area contributed by atoms with Crippen molar-refractivity contribution in [3.63, 3.8) is 0 Å². The highest BCUT2D eigenvalue weighted by molar-refractivity contribution is 7.92. The smallest absolute Gasteiger partial charge is 0.270 e. The van der Waals surface area contributed by atoms with E-state index in [-0.39, 0.29) is 27.4 Å². The van der Waals surface area contributed by atoms with Gasteiger partial charge in [-0.15, -0.1) is 0 Å². The molecular formula is C20H15ClN4O6S. The van der Waals surface area contributed by atoms with E-state index in [1.54, 1.807) is 12.1 Å². The first-order valence-corrected chi connectivity index (χ1v) is 10.8. The summed E-state index contributed by atoms with van der Waals surface area (Å²) in [4.78, 5) is 34.1. The Balaban J connectivity index is 1.64. The fourth-order valence-corrected chi connectivity index (χ4v) is 3.84. The molecule has 0 spiro atoms. The van der Waals surface area contributed by atoms with Gasteiger partial charge in [-0.25, -0.2) is 8.42 Å². The molecule has 2 amide bonds. The number of sulfonamides is 1. The molecule has 12 heteroatoms. The molecule has 0 saturated carbocycles. The molecule has 164 valence electrons. The van der Waals surface area contributed by atoms with Crippen LogP contribution in [0.15, 0.2) is 77.7 Å². The maximum Gasteiger partial charge on any atom is 0.270 e. The Kier molecular flexibility index (Phi) is 6.71. The number of hydrazine groups is 1. The predicted molar refractivity (Wildman–Crippen MR) is 117 cm³/mol. The standard InChI is InChI=1S/C20H15ClN4O6S/c21-15-4-1-3-14(11-15)20(27)23-22-19(26)13-7-9-16(10-8-13)24-32(30,31)18-6-2-5-17(12-18)25(28)29/h1-12,24H,(H,22,26)(H,23,27). The lowest BCUT2D eigenvalue weighted by molar-refractivity contribution is -0.385. The van der Waals surface area contributed by atoms with Gasteiger partial charge in [0.15, 0.2) is 0 Å². The average molecular weight is 475 g/mol. The van der Waals surface area contributed by atoms with Crippen molar-refractivity contribution >= 4 is 44.8 Å². The first-order chi connectivity index (χ1) is 15.2. The van der Waals surface area contributed by atoms with Crippen molar-refractivity contribution in [2.45, 2.75) is 4.90 Å². The van der Waals surface area contributed by atoms with Gasteiger partial charge < -0.3 is 0 Å². The van der Waals surface area contributed by atoms with E-state index in [0.717, 1.165) is 6.07 Å². The number of halogens is 1. The van der Waals surface area contributed by atoms with E-state index in [0.29, 0.717) is 5.02 Å². The number of hydrogen-bond acceptors (Lipinski definition) is 6. The Hall–Kier alpha value is -3.96. The van der Waals surface area contributed by atoms with Gasteiger partial charge in [0.1, 0.15) is 0 Å². The minimum atomic E-state index is -4.08. The van der Waals surface area contributed by atoms with Crippen molar-refractivity contribution < 1.29 is 22.9 Å². The fraction of sp³-hybridized carbons (Fsp3) is 0. The Labute approximate surface area is 187 Å². The van der Waals surface area contributed by atoms with Crippen molar-refractivity contribution in [3.05, 3.63) is 99.1 Å². The molecule has 32 heavy (non-hydrogen) atoms. The van der Waals surface area contributed by atoms with E-state index in [1.165, 1.54) is 54.6 Å². The summed E-state index contributed by atoms with van der Waals surface area (Å²) >= 11 is 5.82. The molecule has 0 radical (unpaired) electrons. The summed E-state index contributed by atoms with van der Waals surface area (Å²) in [5.74, 6) is -1.20. The van der Waals surface area contributed by atoms with Crippen molar-refractivity contribution in [1.82, 2.24) is 10.9 Å². The summed E-state index contributed by atoms with van der Waals surface area (Å²) < 4.78 is 27.2. The molecule has 0 saturated heterocycles. The lowest BCUT2D eigenvalue weighted by Crippen LogP contribution is -2.41. The van der Waals surface area contributed by atoms with Crippen LogP contribution in [-0.2, 0) is 10.0 Å². The molecule has 0 aliphatic carbocycles. The van der Waals surface area contributed by atoms with Crippen LogP contribution in [0.4, 0.5) is 11.4 Å². The molecule has 3 rings (SSSR count). The molecule has 3 aromatic rings. The number of nitrogens with zero attached hydrogens (tertiary/aromatic N) is 1. The maximum atomic E-state index is 12.5. The number of non-ortho nitro benzene ring substituents is 1. The number of nitro groups is 1. The Morgan fingerprint density at radius 1 is 0.844 bits per heavy atom. The molecule has 0 aliphatic heterocycles. The van der Waals surface area contributed by atoms with E-state index in [1.807, 2.05) is 0 Å². The van der Waals surface area contributed by atoms with Crippen LogP contribution in [0.3, 0.4) is 0 Å². The molecular weight excluding hydrogens is 460 g/mol. The van der Waals surface area contributed by atoms with Crippen LogP contribution in [-0.4, -0.2) is 25.2 Å². The number of carbonyl (C=O) groups is 2. The number of benzene rings is 3. The molecule has 0 unspecified atom stereocenters. The van der Waals surface area contributed by atoms with Crippen molar-refractivity contribution in [3.8, 4) is 0 Å². The van der Waals surface area contributed by atoms with Crippen LogP contribution in [0.1, 0.15) is 20.7 Å². The van der Waals surface area contributed by atoms with Gasteiger partial charge in [0.05, 0.1) is 9.82 Å². The molecule has 3 aromatic carbocycles. The Morgan fingerprint density at radius 2 is 1.47 bits per heavy atom. The number of carbonyl (C=O) groups excluding carboxylic acids is 2. The van der Waals surface area contributed by atoms with Crippen LogP contribution in [0.5, 0.6) is 0 Å². The quantitative estimate of drug-likeness (QED) is 0.369. The molecule has 10 nitrogen and oxygen atoms in total. The number of anilines is 1.